The van der Waals surface area contributed by atoms with Crippen molar-refractivity contribution in [1.29, 1.82) is 0 Å². The Balaban J connectivity index is 1.58. The van der Waals surface area contributed by atoms with Crippen molar-refractivity contribution >= 4 is 40.6 Å². The summed E-state index contributed by atoms with van der Waals surface area (Å²) >= 11 is 7.25. The minimum atomic E-state index is -0.310. The zero-order valence-electron chi connectivity index (χ0n) is 15.8. The average Bonchev–Trinajstić information content (AvgIpc) is 3.12. The standard InChI is InChI=1S/C20H16ClN5O3S/c1-29-15-7-3-6-14(9-15)22-18(28)11-30-20-24-19(12-4-2-5-13(21)8-12)23-16-10-17(27)25-26(16)20/h2-10H,11H2,1H3,(H,22,28)(H,25,27). The first-order chi connectivity index (χ1) is 14.5. The van der Waals surface area contributed by atoms with Crippen LogP contribution in [0.3, 0.4) is 0 Å². The van der Waals surface area contributed by atoms with Crippen molar-refractivity contribution in [2.45, 2.75) is 5.16 Å². The van der Waals surface area contributed by atoms with Gasteiger partial charge in [0.1, 0.15) is 5.75 Å². The fraction of sp³-hybridized carbons (Fsp3) is 0.100. The predicted molar refractivity (Wildman–Crippen MR) is 116 cm³/mol. The summed E-state index contributed by atoms with van der Waals surface area (Å²) in [6.07, 6.45) is 0. The highest BCUT2D eigenvalue weighted by atomic mass is 35.5. The number of nitrogens with one attached hydrogen (secondary N) is 2. The number of carbonyl (C=O) groups excluding carboxylic acids is 1. The molecule has 30 heavy (non-hydrogen) atoms. The number of aromatic amines is 1. The van der Waals surface area contributed by atoms with Crippen molar-refractivity contribution in [3.63, 3.8) is 0 Å². The molecule has 152 valence electrons. The van der Waals surface area contributed by atoms with Crippen molar-refractivity contribution in [2.75, 3.05) is 18.2 Å². The van der Waals surface area contributed by atoms with Gasteiger partial charge in [-0.15, -0.1) is 0 Å². The van der Waals surface area contributed by atoms with Crippen LogP contribution >= 0.6 is 23.4 Å². The molecule has 0 radical (unpaired) electrons. The molecule has 0 spiro atoms. The summed E-state index contributed by atoms with van der Waals surface area (Å²) in [4.78, 5) is 33.2. The Kier molecular flexibility index (Phi) is 5.73. The molecule has 0 saturated carbocycles. The van der Waals surface area contributed by atoms with Gasteiger partial charge in [0.15, 0.2) is 16.6 Å². The second-order valence-corrected chi connectivity index (χ2v) is 7.60. The number of fused-ring (bicyclic) bond motifs is 1. The molecular weight excluding hydrogens is 426 g/mol. The number of ether oxygens (including phenoxy) is 1. The third-order valence-electron chi connectivity index (χ3n) is 4.09. The van der Waals surface area contributed by atoms with E-state index in [2.05, 4.69) is 20.4 Å². The van der Waals surface area contributed by atoms with Gasteiger partial charge >= 0.3 is 0 Å². The maximum absolute atomic E-state index is 12.4. The topological polar surface area (TPSA) is 101 Å². The van der Waals surface area contributed by atoms with E-state index in [-0.39, 0.29) is 17.2 Å². The molecule has 0 fully saturated rings. The molecule has 0 bridgehead atoms. The maximum Gasteiger partial charge on any atom is 0.266 e. The van der Waals surface area contributed by atoms with Gasteiger partial charge in [-0.1, -0.05) is 41.6 Å². The van der Waals surface area contributed by atoms with Crippen molar-refractivity contribution in [2.24, 2.45) is 0 Å². The zero-order chi connectivity index (χ0) is 21.1. The normalized spacial score (nSPS) is 10.9. The number of rotatable bonds is 6. The molecule has 2 aromatic carbocycles. The molecule has 4 aromatic rings. The molecular formula is C20H16ClN5O3S. The number of halogens is 1. The first-order valence-electron chi connectivity index (χ1n) is 8.84. The van der Waals surface area contributed by atoms with Gasteiger partial charge in [0.25, 0.3) is 5.56 Å². The lowest BCUT2D eigenvalue weighted by atomic mass is 10.2. The van der Waals surface area contributed by atoms with Crippen molar-refractivity contribution < 1.29 is 9.53 Å². The summed E-state index contributed by atoms with van der Waals surface area (Å²) < 4.78 is 6.62. The van der Waals surface area contributed by atoms with Gasteiger partial charge in [0, 0.05) is 28.4 Å². The van der Waals surface area contributed by atoms with Crippen LogP contribution in [-0.2, 0) is 4.79 Å². The van der Waals surface area contributed by atoms with Gasteiger partial charge in [0.05, 0.1) is 12.9 Å². The van der Waals surface area contributed by atoms with E-state index in [4.69, 9.17) is 16.3 Å². The van der Waals surface area contributed by atoms with E-state index >= 15 is 0 Å². The monoisotopic (exact) mass is 441 g/mol. The quantitative estimate of drug-likeness (QED) is 0.444. The van der Waals surface area contributed by atoms with Crippen LogP contribution in [0, 0.1) is 0 Å². The third-order valence-corrected chi connectivity index (χ3v) is 5.27. The second kappa shape index (κ2) is 8.60. The number of methoxy groups -OCH3 is 1. The minimum Gasteiger partial charge on any atom is -0.497 e. The predicted octanol–water partition coefficient (Wildman–Crippen LogP) is 3.48. The molecule has 0 aliphatic rings. The number of anilines is 1. The first kappa shape index (κ1) is 20.0. The number of carbonyl (C=O) groups is 1. The second-order valence-electron chi connectivity index (χ2n) is 6.22. The summed E-state index contributed by atoms with van der Waals surface area (Å²) in [6.45, 7) is 0. The molecule has 2 heterocycles. The van der Waals surface area contributed by atoms with Gasteiger partial charge in [-0.25, -0.2) is 14.5 Å². The molecule has 0 aliphatic heterocycles. The molecule has 8 nitrogen and oxygen atoms in total. The summed E-state index contributed by atoms with van der Waals surface area (Å²) in [5.74, 6) is 0.915. The highest BCUT2D eigenvalue weighted by molar-refractivity contribution is 7.99. The van der Waals surface area contributed by atoms with E-state index in [0.717, 1.165) is 0 Å². The molecule has 2 aromatic heterocycles. The molecule has 1 amide bonds. The van der Waals surface area contributed by atoms with Crippen molar-refractivity contribution in [3.05, 3.63) is 70.0 Å². The molecule has 0 unspecified atom stereocenters. The number of hydrogen-bond donors (Lipinski definition) is 2. The first-order valence-corrected chi connectivity index (χ1v) is 10.2. The zero-order valence-corrected chi connectivity index (χ0v) is 17.3. The third kappa shape index (κ3) is 4.47. The summed E-state index contributed by atoms with van der Waals surface area (Å²) in [5, 5.41) is 6.44. The van der Waals surface area contributed by atoms with E-state index in [9.17, 15) is 9.59 Å². The number of amides is 1. The molecule has 0 saturated heterocycles. The van der Waals surface area contributed by atoms with Crippen molar-refractivity contribution in [3.8, 4) is 17.1 Å². The van der Waals surface area contributed by atoms with E-state index in [1.807, 2.05) is 6.07 Å². The van der Waals surface area contributed by atoms with E-state index in [1.165, 1.54) is 22.3 Å². The smallest absolute Gasteiger partial charge is 0.266 e. The molecule has 0 atom stereocenters. The number of benzene rings is 2. The Bertz CT molecular complexity index is 1290. The number of H-pyrrole nitrogens is 1. The Labute approximate surface area is 180 Å². The fourth-order valence-corrected chi connectivity index (χ4v) is 3.71. The summed E-state index contributed by atoms with van der Waals surface area (Å²) in [6, 6.07) is 15.6. The highest BCUT2D eigenvalue weighted by Crippen LogP contribution is 2.24. The number of hydrogen-bond acceptors (Lipinski definition) is 6. The van der Waals surface area contributed by atoms with E-state index < -0.39 is 0 Å². The largest absolute Gasteiger partial charge is 0.497 e. The van der Waals surface area contributed by atoms with Crippen molar-refractivity contribution in [1.82, 2.24) is 19.6 Å². The lowest BCUT2D eigenvalue weighted by Crippen LogP contribution is -2.15. The Hall–Kier alpha value is -3.30. The summed E-state index contributed by atoms with van der Waals surface area (Å²) in [7, 11) is 1.56. The summed E-state index contributed by atoms with van der Waals surface area (Å²) in [5.41, 5.74) is 1.43. The fourth-order valence-electron chi connectivity index (χ4n) is 2.77. The van der Waals surface area contributed by atoms with E-state index in [0.29, 0.717) is 38.7 Å². The molecule has 10 heteroatoms. The van der Waals surface area contributed by atoms with Crippen LogP contribution in [0.25, 0.3) is 17.0 Å². The van der Waals surface area contributed by atoms with Gasteiger partial charge in [-0.2, -0.15) is 0 Å². The lowest BCUT2D eigenvalue weighted by Gasteiger charge is -2.09. The lowest BCUT2D eigenvalue weighted by molar-refractivity contribution is -0.113. The molecule has 2 N–H and O–H groups in total. The molecule has 0 aliphatic carbocycles. The Morgan fingerprint density at radius 1 is 1.20 bits per heavy atom. The van der Waals surface area contributed by atoms with Crippen LogP contribution in [-0.4, -0.2) is 38.4 Å². The Morgan fingerprint density at radius 3 is 2.83 bits per heavy atom. The van der Waals surface area contributed by atoms with E-state index in [1.54, 1.807) is 49.6 Å². The van der Waals surface area contributed by atoms with Gasteiger partial charge in [-0.3, -0.25) is 14.7 Å². The number of thioether (sulfide) groups is 1. The van der Waals surface area contributed by atoms with Crippen LogP contribution < -0.4 is 15.6 Å². The van der Waals surface area contributed by atoms with Crippen LogP contribution in [0.5, 0.6) is 5.75 Å². The van der Waals surface area contributed by atoms with Gasteiger partial charge in [0.2, 0.25) is 5.91 Å². The highest BCUT2D eigenvalue weighted by Gasteiger charge is 2.14. The van der Waals surface area contributed by atoms with Crippen LogP contribution in [0.4, 0.5) is 5.69 Å². The number of nitrogens with zero attached hydrogens (tertiary/aromatic N) is 3. The molecule has 4 rings (SSSR count). The van der Waals surface area contributed by atoms with Crippen LogP contribution in [0.15, 0.2) is 64.5 Å². The van der Waals surface area contributed by atoms with Gasteiger partial charge in [-0.05, 0) is 24.3 Å². The van der Waals surface area contributed by atoms with Crippen LogP contribution in [0.2, 0.25) is 5.02 Å². The average molecular weight is 442 g/mol. The number of aromatic nitrogens is 4. The maximum atomic E-state index is 12.4. The van der Waals surface area contributed by atoms with Gasteiger partial charge < -0.3 is 10.1 Å². The minimum absolute atomic E-state index is 0.0819. The SMILES string of the molecule is COc1cccc(NC(=O)CSc2nc(-c3cccc(Cl)c3)nc3cc(=O)[nH]n23)c1. The Morgan fingerprint density at radius 2 is 2.03 bits per heavy atom. The van der Waals surface area contributed by atoms with Crippen LogP contribution in [0.1, 0.15) is 0 Å².